The molecule has 0 unspecified atom stereocenters. The maximum absolute atomic E-state index is 12.0. The van der Waals surface area contributed by atoms with E-state index >= 15 is 0 Å². The van der Waals surface area contributed by atoms with Crippen molar-refractivity contribution in [3.05, 3.63) is 12.2 Å². The smallest absolute Gasteiger partial charge is 0.214 e. The van der Waals surface area contributed by atoms with Gasteiger partial charge in [-0.2, -0.15) is 4.31 Å². The Morgan fingerprint density at radius 3 is 2.40 bits per heavy atom. The second kappa shape index (κ2) is 5.78. The average molecular weight is 298 g/mol. The Morgan fingerprint density at radius 1 is 1.10 bits per heavy atom. The lowest BCUT2D eigenvalue weighted by molar-refractivity contribution is 0.156. The molecule has 114 valence electrons. The molecule has 0 aromatic rings. The molecule has 0 radical (unpaired) electrons. The number of fused-ring (bicyclic) bond motifs is 2. The zero-order valence-electron chi connectivity index (χ0n) is 12.4. The largest absolute Gasteiger partial charge is 0.300 e. The third-order valence-corrected chi connectivity index (χ3v) is 7.17. The fraction of sp³-hybridized carbons (Fsp3) is 0.867. The molecule has 3 rings (SSSR count). The summed E-state index contributed by atoms with van der Waals surface area (Å²) in [6.45, 7) is 6.25. The quantitative estimate of drug-likeness (QED) is 0.723. The summed E-state index contributed by atoms with van der Waals surface area (Å²) in [6, 6.07) is 0. The lowest BCUT2D eigenvalue weighted by atomic mass is 9.93. The molecule has 0 N–H and O–H groups in total. The van der Waals surface area contributed by atoms with Crippen molar-refractivity contribution in [2.45, 2.75) is 26.2 Å². The topological polar surface area (TPSA) is 40.6 Å². The maximum atomic E-state index is 12.0. The van der Waals surface area contributed by atoms with Crippen molar-refractivity contribution >= 4 is 10.0 Å². The van der Waals surface area contributed by atoms with Gasteiger partial charge in [0.15, 0.2) is 0 Å². The van der Waals surface area contributed by atoms with Gasteiger partial charge in [0.1, 0.15) is 0 Å². The first-order chi connectivity index (χ1) is 9.58. The highest BCUT2D eigenvalue weighted by Gasteiger charge is 2.37. The Hall–Kier alpha value is -0.390. The van der Waals surface area contributed by atoms with E-state index in [-0.39, 0.29) is 0 Å². The molecule has 5 heteroatoms. The molecule has 1 saturated heterocycles. The lowest BCUT2D eigenvalue weighted by Crippen LogP contribution is -2.50. The van der Waals surface area contributed by atoms with Gasteiger partial charge in [0.2, 0.25) is 10.0 Å². The van der Waals surface area contributed by atoms with Crippen LogP contribution in [0.2, 0.25) is 0 Å². The van der Waals surface area contributed by atoms with E-state index in [0.717, 1.165) is 37.4 Å². The maximum Gasteiger partial charge on any atom is 0.214 e. The van der Waals surface area contributed by atoms with E-state index in [2.05, 4.69) is 17.1 Å². The van der Waals surface area contributed by atoms with E-state index in [0.29, 0.717) is 25.3 Å². The number of rotatable bonds is 5. The fourth-order valence-corrected chi connectivity index (χ4v) is 5.51. The molecule has 0 aromatic heterocycles. The van der Waals surface area contributed by atoms with Crippen LogP contribution < -0.4 is 0 Å². The molecule has 1 heterocycles. The third-order valence-electron chi connectivity index (χ3n) is 5.10. The van der Waals surface area contributed by atoms with Crippen molar-refractivity contribution in [2.24, 2.45) is 17.8 Å². The van der Waals surface area contributed by atoms with Gasteiger partial charge in [-0.15, -0.1) is 0 Å². The highest BCUT2D eigenvalue weighted by Crippen LogP contribution is 2.43. The standard InChI is InChI=1S/C15H26N2O2S/c1-2-9-20(18,19)17-7-5-16(6-8-17)12-15-11-13-3-4-14(15)10-13/h3-4,13-15H,2,5-12H2,1H3/t13-,14-,15-/m0/s1. The molecule has 20 heavy (non-hydrogen) atoms. The minimum atomic E-state index is -3.00. The number of hydrogen-bond donors (Lipinski definition) is 0. The van der Waals surface area contributed by atoms with Crippen molar-refractivity contribution in [3.8, 4) is 0 Å². The Bertz CT molecular complexity index is 466. The van der Waals surface area contributed by atoms with Crippen LogP contribution in [0.3, 0.4) is 0 Å². The van der Waals surface area contributed by atoms with Crippen LogP contribution in [-0.2, 0) is 10.0 Å². The summed E-state index contributed by atoms with van der Waals surface area (Å²) in [7, 11) is -3.00. The van der Waals surface area contributed by atoms with Gasteiger partial charge < -0.3 is 4.90 Å². The van der Waals surface area contributed by atoms with Gasteiger partial charge in [-0.25, -0.2) is 8.42 Å². The molecule has 1 aliphatic heterocycles. The molecule has 3 aliphatic rings. The number of sulfonamides is 1. The predicted octanol–water partition coefficient (Wildman–Crippen LogP) is 1.56. The molecule has 2 fully saturated rings. The van der Waals surface area contributed by atoms with Crippen LogP contribution in [0.4, 0.5) is 0 Å². The Balaban J connectivity index is 1.48. The van der Waals surface area contributed by atoms with Crippen LogP contribution >= 0.6 is 0 Å². The molecule has 2 bridgehead atoms. The molecule has 0 spiro atoms. The van der Waals surface area contributed by atoms with Gasteiger partial charge in [-0.3, -0.25) is 0 Å². The summed E-state index contributed by atoms with van der Waals surface area (Å²) in [4.78, 5) is 2.47. The van der Waals surface area contributed by atoms with E-state index in [1.165, 1.54) is 12.8 Å². The molecule has 0 amide bonds. The molecule has 3 atom stereocenters. The third kappa shape index (κ3) is 2.95. The summed E-state index contributed by atoms with van der Waals surface area (Å²) in [5, 5.41) is 0. The first kappa shape index (κ1) is 14.5. The van der Waals surface area contributed by atoms with Gasteiger partial charge in [0, 0.05) is 32.7 Å². The molecule has 4 nitrogen and oxygen atoms in total. The second-order valence-electron chi connectivity index (χ2n) is 6.56. The summed E-state index contributed by atoms with van der Waals surface area (Å²) in [5.74, 6) is 2.73. The summed E-state index contributed by atoms with van der Waals surface area (Å²) in [6.07, 6.45) is 8.20. The van der Waals surface area contributed by atoms with Crippen molar-refractivity contribution in [2.75, 3.05) is 38.5 Å². The van der Waals surface area contributed by atoms with Crippen molar-refractivity contribution in [3.63, 3.8) is 0 Å². The summed E-state index contributed by atoms with van der Waals surface area (Å²) >= 11 is 0. The lowest BCUT2D eigenvalue weighted by Gasteiger charge is -2.36. The summed E-state index contributed by atoms with van der Waals surface area (Å²) < 4.78 is 25.8. The number of hydrogen-bond acceptors (Lipinski definition) is 3. The number of piperazine rings is 1. The van der Waals surface area contributed by atoms with Gasteiger partial charge in [-0.05, 0) is 37.0 Å². The van der Waals surface area contributed by atoms with Crippen LogP contribution in [0.1, 0.15) is 26.2 Å². The van der Waals surface area contributed by atoms with Crippen molar-refractivity contribution in [1.29, 1.82) is 0 Å². The first-order valence-corrected chi connectivity index (χ1v) is 9.58. The molecule has 0 aromatic carbocycles. The number of nitrogens with zero attached hydrogens (tertiary/aromatic N) is 2. The predicted molar refractivity (Wildman–Crippen MR) is 80.9 cm³/mol. The molecular weight excluding hydrogens is 272 g/mol. The zero-order chi connectivity index (χ0) is 14.2. The van der Waals surface area contributed by atoms with Gasteiger partial charge >= 0.3 is 0 Å². The van der Waals surface area contributed by atoms with E-state index < -0.39 is 10.0 Å². The van der Waals surface area contributed by atoms with Crippen molar-refractivity contribution in [1.82, 2.24) is 9.21 Å². The van der Waals surface area contributed by atoms with E-state index in [1.807, 2.05) is 6.92 Å². The van der Waals surface area contributed by atoms with Crippen LogP contribution in [0.15, 0.2) is 12.2 Å². The molecule has 2 aliphatic carbocycles. The highest BCUT2D eigenvalue weighted by molar-refractivity contribution is 7.89. The van der Waals surface area contributed by atoms with Gasteiger partial charge in [0.25, 0.3) is 0 Å². The van der Waals surface area contributed by atoms with Crippen LogP contribution in [-0.4, -0.2) is 56.1 Å². The number of allylic oxidation sites excluding steroid dienone is 2. The minimum Gasteiger partial charge on any atom is -0.300 e. The van der Waals surface area contributed by atoms with Crippen LogP contribution in [0.5, 0.6) is 0 Å². The normalized spacial score (nSPS) is 35.0. The average Bonchev–Trinajstić information content (AvgIpc) is 3.01. The molecular formula is C15H26N2O2S. The van der Waals surface area contributed by atoms with E-state index in [9.17, 15) is 8.42 Å². The second-order valence-corrected chi connectivity index (χ2v) is 8.64. The minimum absolute atomic E-state index is 0.296. The van der Waals surface area contributed by atoms with Crippen LogP contribution in [0.25, 0.3) is 0 Å². The van der Waals surface area contributed by atoms with Crippen LogP contribution in [0, 0.1) is 17.8 Å². The Morgan fingerprint density at radius 2 is 1.85 bits per heavy atom. The van der Waals surface area contributed by atoms with E-state index in [4.69, 9.17) is 0 Å². The van der Waals surface area contributed by atoms with Gasteiger partial charge in [0.05, 0.1) is 5.75 Å². The zero-order valence-corrected chi connectivity index (χ0v) is 13.2. The monoisotopic (exact) mass is 298 g/mol. The SMILES string of the molecule is CCCS(=O)(=O)N1CCN(C[C@@H]2C[C@H]3C=C[C@H]2C3)CC1. The summed E-state index contributed by atoms with van der Waals surface area (Å²) in [5.41, 5.74) is 0. The molecule has 1 saturated carbocycles. The first-order valence-electron chi connectivity index (χ1n) is 7.97. The van der Waals surface area contributed by atoms with Crippen molar-refractivity contribution < 1.29 is 8.42 Å². The Labute approximate surface area is 122 Å². The highest BCUT2D eigenvalue weighted by atomic mass is 32.2. The van der Waals surface area contributed by atoms with E-state index in [1.54, 1.807) is 4.31 Å². The van der Waals surface area contributed by atoms with Gasteiger partial charge in [-0.1, -0.05) is 19.1 Å². The fourth-order valence-electron chi connectivity index (χ4n) is 4.01. The Kier molecular flexibility index (Phi) is 4.20.